The Morgan fingerprint density at radius 2 is 2.12 bits per heavy atom. The normalized spacial score (nSPS) is 15.2. The van der Waals surface area contributed by atoms with Gasteiger partial charge in [-0.25, -0.2) is 4.98 Å². The van der Waals surface area contributed by atoms with Crippen molar-refractivity contribution >= 4 is 46.6 Å². The lowest BCUT2D eigenvalue weighted by atomic mass is 10.2. The van der Waals surface area contributed by atoms with Crippen LogP contribution in [-0.2, 0) is 6.54 Å². The smallest absolute Gasteiger partial charge is 0.270 e. The number of aldehydes is 1. The number of carbonyl (C=O) groups excluding carboxylic acids is 2. The van der Waals surface area contributed by atoms with Gasteiger partial charge in [0.05, 0.1) is 12.2 Å². The van der Waals surface area contributed by atoms with Gasteiger partial charge in [-0.3, -0.25) is 14.0 Å². The Morgan fingerprint density at radius 3 is 2.75 bits per heavy atom. The summed E-state index contributed by atoms with van der Waals surface area (Å²) in [7, 11) is 1.95. The SMILES string of the molecule is CCC1CC1.CNCc1ccc2c(c1)SC(N)N2.O=Cc1cccn2c(C(=O)NCCO)c(-c3ccsc3)nc12. The fourth-order valence-electron chi connectivity index (χ4n) is 4.19. The van der Waals surface area contributed by atoms with E-state index in [2.05, 4.69) is 46.1 Å². The van der Waals surface area contributed by atoms with Gasteiger partial charge in [-0.15, -0.1) is 0 Å². The van der Waals surface area contributed by atoms with Gasteiger partial charge in [0.2, 0.25) is 0 Å². The van der Waals surface area contributed by atoms with Crippen LogP contribution in [0, 0.1) is 5.92 Å². The number of thioether (sulfide) groups is 1. The Labute approximate surface area is 242 Å². The highest BCUT2D eigenvalue weighted by Gasteiger charge is 2.22. The van der Waals surface area contributed by atoms with Crippen LogP contribution >= 0.6 is 23.1 Å². The summed E-state index contributed by atoms with van der Waals surface area (Å²) < 4.78 is 1.60. The molecule has 40 heavy (non-hydrogen) atoms. The number of pyridine rings is 1. The van der Waals surface area contributed by atoms with Gasteiger partial charge >= 0.3 is 0 Å². The van der Waals surface area contributed by atoms with Crippen LogP contribution in [0.5, 0.6) is 0 Å². The van der Waals surface area contributed by atoms with Crippen LogP contribution < -0.4 is 21.7 Å². The summed E-state index contributed by atoms with van der Waals surface area (Å²) >= 11 is 3.17. The van der Waals surface area contributed by atoms with Gasteiger partial charge in [-0.1, -0.05) is 44.0 Å². The number of hydrogen-bond donors (Lipinski definition) is 5. The van der Waals surface area contributed by atoms with Crippen LogP contribution in [-0.4, -0.2) is 52.4 Å². The molecule has 4 heterocycles. The van der Waals surface area contributed by atoms with Gasteiger partial charge in [-0.05, 0) is 54.2 Å². The minimum atomic E-state index is -0.342. The standard InChI is InChI=1S/C15H13N3O3S.C9H13N3S.C5H10/c19-6-4-16-15(21)13-12(11-3-7-22-9-11)17-14-10(8-20)2-1-5-18(13)14;1-11-5-6-2-3-7-8(4-6)13-9(10)12-7;1-2-5-3-4-5/h1-3,5,7-9,19H,4,6H2,(H,16,21);2-4,9,11-12H,5,10H2,1H3;5H,2-4H2,1H3. The average Bonchev–Trinajstić information content (AvgIpc) is 3.32. The highest BCUT2D eigenvalue weighted by molar-refractivity contribution is 8.00. The van der Waals surface area contributed by atoms with Crippen LogP contribution in [0.15, 0.2) is 58.3 Å². The van der Waals surface area contributed by atoms with Crippen molar-refractivity contribution in [3.63, 3.8) is 0 Å². The minimum Gasteiger partial charge on any atom is -0.395 e. The summed E-state index contributed by atoms with van der Waals surface area (Å²) in [4.78, 5) is 29.3. The Bertz CT molecular complexity index is 1420. The summed E-state index contributed by atoms with van der Waals surface area (Å²) in [5, 5.41) is 21.6. The number of aliphatic hydroxyl groups is 1. The molecule has 2 aliphatic rings. The topological polar surface area (TPSA) is 134 Å². The summed E-state index contributed by atoms with van der Waals surface area (Å²) in [5.74, 6) is 0.792. The molecule has 1 amide bonds. The lowest BCUT2D eigenvalue weighted by molar-refractivity contribution is 0.0939. The van der Waals surface area contributed by atoms with E-state index in [9.17, 15) is 9.59 Å². The maximum absolute atomic E-state index is 12.4. The first kappa shape index (κ1) is 29.8. The van der Waals surface area contributed by atoms with Crippen LogP contribution in [0.2, 0.25) is 0 Å². The Hall–Kier alpha value is -3.22. The van der Waals surface area contributed by atoms with E-state index in [1.807, 2.05) is 23.9 Å². The van der Waals surface area contributed by atoms with Gasteiger partial charge in [0.15, 0.2) is 6.29 Å². The molecular weight excluding hydrogens is 544 g/mol. The van der Waals surface area contributed by atoms with E-state index in [0.29, 0.717) is 22.6 Å². The molecular formula is C29H36N6O3S2. The molecule has 1 aliphatic heterocycles. The van der Waals surface area contributed by atoms with Gasteiger partial charge in [0, 0.05) is 40.8 Å². The molecule has 9 nitrogen and oxygen atoms in total. The molecule has 0 saturated heterocycles. The van der Waals surface area contributed by atoms with Gasteiger partial charge in [0.25, 0.3) is 5.91 Å². The van der Waals surface area contributed by atoms with Crippen LogP contribution in [0.1, 0.15) is 52.6 Å². The van der Waals surface area contributed by atoms with Gasteiger partial charge in [-0.2, -0.15) is 11.3 Å². The number of amides is 1. The summed E-state index contributed by atoms with van der Waals surface area (Å²) in [6, 6.07) is 11.6. The number of anilines is 1. The molecule has 0 spiro atoms. The first-order valence-corrected chi connectivity index (χ1v) is 15.1. The number of carbonyl (C=O) groups is 2. The molecule has 1 atom stereocenters. The van der Waals surface area contributed by atoms with Crippen molar-refractivity contribution in [3.05, 3.63) is 70.2 Å². The number of aliphatic hydroxyl groups excluding tert-OH is 1. The van der Waals surface area contributed by atoms with E-state index in [1.54, 1.807) is 34.5 Å². The summed E-state index contributed by atoms with van der Waals surface area (Å²) in [5.41, 5.74) is 10.8. The molecule has 1 unspecified atom stereocenters. The molecule has 212 valence electrons. The Morgan fingerprint density at radius 1 is 1.30 bits per heavy atom. The van der Waals surface area contributed by atoms with Crippen molar-refractivity contribution in [2.75, 3.05) is 25.5 Å². The molecule has 6 rings (SSSR count). The fraction of sp³-hybridized carbons (Fsp3) is 0.345. The molecule has 1 aromatic carbocycles. The number of thiophene rings is 1. The van der Waals surface area contributed by atoms with Crippen molar-refractivity contribution < 1.29 is 14.7 Å². The van der Waals surface area contributed by atoms with Crippen LogP contribution in [0.4, 0.5) is 5.69 Å². The zero-order chi connectivity index (χ0) is 28.5. The number of nitrogens with one attached hydrogen (secondary N) is 3. The summed E-state index contributed by atoms with van der Waals surface area (Å²) in [6.45, 7) is 3.18. The number of nitrogens with two attached hydrogens (primary N) is 1. The van der Waals surface area contributed by atoms with Gasteiger partial charge < -0.3 is 26.8 Å². The lowest BCUT2D eigenvalue weighted by Crippen LogP contribution is -2.28. The third-order valence-corrected chi connectivity index (χ3v) is 8.11. The van der Waals surface area contributed by atoms with E-state index in [4.69, 9.17) is 10.8 Å². The highest BCUT2D eigenvalue weighted by Crippen LogP contribution is 2.36. The van der Waals surface area contributed by atoms with Gasteiger partial charge in [0.1, 0.15) is 22.5 Å². The quantitative estimate of drug-likeness (QED) is 0.191. The largest absolute Gasteiger partial charge is 0.395 e. The van der Waals surface area contributed by atoms with Crippen molar-refractivity contribution in [1.29, 1.82) is 0 Å². The zero-order valence-corrected chi connectivity index (χ0v) is 24.4. The number of fused-ring (bicyclic) bond motifs is 2. The zero-order valence-electron chi connectivity index (χ0n) is 22.7. The van der Waals surface area contributed by atoms with Crippen molar-refractivity contribution in [2.24, 2.45) is 11.7 Å². The third-order valence-electron chi connectivity index (χ3n) is 6.47. The van der Waals surface area contributed by atoms with E-state index < -0.39 is 0 Å². The predicted molar refractivity (Wildman–Crippen MR) is 163 cm³/mol. The number of imidazole rings is 1. The monoisotopic (exact) mass is 580 g/mol. The molecule has 4 aromatic rings. The maximum Gasteiger partial charge on any atom is 0.270 e. The molecule has 1 fully saturated rings. The second kappa shape index (κ2) is 14.4. The predicted octanol–water partition coefficient (Wildman–Crippen LogP) is 4.57. The molecule has 11 heteroatoms. The number of rotatable bonds is 8. The molecule has 3 aromatic heterocycles. The Kier molecular flexibility index (Phi) is 10.7. The average molecular weight is 581 g/mol. The second-order valence-electron chi connectivity index (χ2n) is 9.47. The minimum absolute atomic E-state index is 0.0137. The first-order valence-electron chi connectivity index (χ1n) is 13.3. The third kappa shape index (κ3) is 7.49. The molecule has 1 aliphatic carbocycles. The number of benzene rings is 1. The second-order valence-corrected chi connectivity index (χ2v) is 11.4. The molecule has 0 radical (unpaired) electrons. The van der Waals surface area contributed by atoms with Crippen LogP contribution in [0.3, 0.4) is 0 Å². The molecule has 1 saturated carbocycles. The number of aromatic nitrogens is 2. The Balaban J connectivity index is 0.000000172. The molecule has 6 N–H and O–H groups in total. The molecule has 0 bridgehead atoms. The lowest BCUT2D eigenvalue weighted by Gasteiger charge is -2.05. The van der Waals surface area contributed by atoms with Crippen molar-refractivity contribution in [3.8, 4) is 11.3 Å². The van der Waals surface area contributed by atoms with Crippen molar-refractivity contribution in [2.45, 2.75) is 43.1 Å². The maximum atomic E-state index is 12.4. The first-order chi connectivity index (χ1) is 19.5. The van der Waals surface area contributed by atoms with E-state index in [0.717, 1.165) is 30.0 Å². The highest BCUT2D eigenvalue weighted by atomic mass is 32.2. The van der Waals surface area contributed by atoms with E-state index >= 15 is 0 Å². The number of hydrogen-bond acceptors (Lipinski definition) is 9. The summed E-state index contributed by atoms with van der Waals surface area (Å²) in [6.07, 6.45) is 6.85. The number of nitrogens with zero attached hydrogens (tertiary/aromatic N) is 2. The fourth-order valence-corrected chi connectivity index (χ4v) is 5.77. The van der Waals surface area contributed by atoms with E-state index in [-0.39, 0.29) is 24.6 Å². The van der Waals surface area contributed by atoms with Crippen molar-refractivity contribution in [1.82, 2.24) is 20.0 Å². The van der Waals surface area contributed by atoms with E-state index in [1.165, 1.54) is 41.1 Å². The van der Waals surface area contributed by atoms with Crippen LogP contribution in [0.25, 0.3) is 16.9 Å².